The highest BCUT2D eigenvalue weighted by atomic mass is 19.4. The maximum Gasteiger partial charge on any atom is 0.573 e. The van der Waals surface area contributed by atoms with E-state index in [1.807, 2.05) is 13.8 Å². The Labute approximate surface area is 230 Å². The molecule has 3 atom stereocenters. The summed E-state index contributed by atoms with van der Waals surface area (Å²) in [5.74, 6) is -0.0523. The van der Waals surface area contributed by atoms with E-state index in [-0.39, 0.29) is 41.9 Å². The summed E-state index contributed by atoms with van der Waals surface area (Å²) in [6.07, 6.45) is -4.27. The van der Waals surface area contributed by atoms with Gasteiger partial charge in [0.2, 0.25) is 5.52 Å². The van der Waals surface area contributed by atoms with E-state index in [2.05, 4.69) is 24.4 Å². The SMILES string of the molecule is [C-]#[N+]c1ccc2c(n1)c(N1C[C@@H](COCCCO)N(C(C)c3ccc(OC(F)(F)F)cc3)C[C@@H]1C)cc(=O)n2C. The van der Waals surface area contributed by atoms with Gasteiger partial charge in [-0.15, -0.1) is 18.2 Å². The Balaban J connectivity index is 1.66. The van der Waals surface area contributed by atoms with Crippen molar-refractivity contribution >= 4 is 22.5 Å². The molecule has 3 aromatic rings. The van der Waals surface area contributed by atoms with Crippen molar-refractivity contribution in [3.8, 4) is 5.75 Å². The van der Waals surface area contributed by atoms with Crippen LogP contribution < -0.4 is 15.2 Å². The highest BCUT2D eigenvalue weighted by Crippen LogP contribution is 2.34. The Hall–Kier alpha value is -3.66. The van der Waals surface area contributed by atoms with Gasteiger partial charge in [-0.1, -0.05) is 18.7 Å². The molecule has 0 bridgehead atoms. The van der Waals surface area contributed by atoms with E-state index in [9.17, 15) is 18.0 Å². The van der Waals surface area contributed by atoms with Gasteiger partial charge in [-0.05, 0) is 50.1 Å². The first-order valence-electron chi connectivity index (χ1n) is 13.0. The maximum absolute atomic E-state index is 12.9. The third-order valence-electron chi connectivity index (χ3n) is 7.21. The van der Waals surface area contributed by atoms with Crippen LogP contribution in [0.4, 0.5) is 24.7 Å². The van der Waals surface area contributed by atoms with Crippen LogP contribution in [0, 0.1) is 6.57 Å². The number of aliphatic hydroxyl groups excluding tert-OH is 1. The van der Waals surface area contributed by atoms with Crippen LogP contribution in [0.15, 0.2) is 47.3 Å². The van der Waals surface area contributed by atoms with Gasteiger partial charge in [0.1, 0.15) is 5.75 Å². The average Bonchev–Trinajstić information content (AvgIpc) is 2.92. The smallest absolute Gasteiger partial charge is 0.406 e. The van der Waals surface area contributed by atoms with Crippen LogP contribution in [-0.4, -0.2) is 70.9 Å². The molecule has 1 unspecified atom stereocenters. The number of fused-ring (bicyclic) bond motifs is 1. The Morgan fingerprint density at radius 3 is 2.58 bits per heavy atom. The summed E-state index contributed by atoms with van der Waals surface area (Å²) in [5.41, 5.74) is 2.44. The monoisotopic (exact) mass is 559 g/mol. The highest BCUT2D eigenvalue weighted by molar-refractivity contribution is 5.89. The van der Waals surface area contributed by atoms with Crippen LogP contribution in [0.1, 0.15) is 31.9 Å². The first-order chi connectivity index (χ1) is 19.0. The number of alkyl halides is 3. The number of pyridine rings is 2. The third kappa shape index (κ3) is 6.55. The summed E-state index contributed by atoms with van der Waals surface area (Å²) < 4.78 is 49.3. The second kappa shape index (κ2) is 12.2. The molecular weight excluding hydrogens is 527 g/mol. The van der Waals surface area contributed by atoms with Gasteiger partial charge in [0, 0.05) is 51.5 Å². The molecule has 1 aliphatic rings. The van der Waals surface area contributed by atoms with Crippen molar-refractivity contribution in [2.75, 3.05) is 37.8 Å². The zero-order chi connectivity index (χ0) is 29.0. The van der Waals surface area contributed by atoms with Crippen molar-refractivity contribution in [1.82, 2.24) is 14.5 Å². The van der Waals surface area contributed by atoms with Gasteiger partial charge < -0.3 is 28.9 Å². The number of benzene rings is 1. The third-order valence-corrected chi connectivity index (χ3v) is 7.21. The van der Waals surface area contributed by atoms with Crippen LogP contribution >= 0.6 is 0 Å². The van der Waals surface area contributed by atoms with Crippen LogP contribution in [0.2, 0.25) is 0 Å². The van der Waals surface area contributed by atoms with Gasteiger partial charge in [0.15, 0.2) is 0 Å². The second-order valence-electron chi connectivity index (χ2n) is 9.87. The Bertz CT molecular complexity index is 1420. The molecule has 12 heteroatoms. The lowest BCUT2D eigenvalue weighted by Crippen LogP contribution is -2.59. The largest absolute Gasteiger partial charge is 0.573 e. The fourth-order valence-corrected chi connectivity index (χ4v) is 5.13. The van der Waals surface area contributed by atoms with E-state index < -0.39 is 6.36 Å². The van der Waals surface area contributed by atoms with Gasteiger partial charge in [-0.2, -0.15) is 0 Å². The van der Waals surface area contributed by atoms with Gasteiger partial charge in [-0.25, -0.2) is 0 Å². The first kappa shape index (κ1) is 29.3. The number of aliphatic hydroxyl groups is 1. The number of aromatic nitrogens is 2. The zero-order valence-corrected chi connectivity index (χ0v) is 22.6. The molecule has 40 heavy (non-hydrogen) atoms. The van der Waals surface area contributed by atoms with Crippen LogP contribution in [0.3, 0.4) is 0 Å². The Morgan fingerprint density at radius 2 is 1.93 bits per heavy atom. The lowest BCUT2D eigenvalue weighted by Gasteiger charge is -2.48. The topological polar surface area (TPSA) is 84.4 Å². The van der Waals surface area contributed by atoms with Crippen molar-refractivity contribution in [1.29, 1.82) is 0 Å². The minimum Gasteiger partial charge on any atom is -0.406 e. The second-order valence-corrected chi connectivity index (χ2v) is 9.87. The Morgan fingerprint density at radius 1 is 1.20 bits per heavy atom. The number of hydrogen-bond acceptors (Lipinski definition) is 7. The number of ether oxygens (including phenoxy) is 2. The van der Waals surface area contributed by atoms with Crippen molar-refractivity contribution < 1.29 is 27.8 Å². The number of rotatable bonds is 9. The normalized spacial score (nSPS) is 19.0. The van der Waals surface area contributed by atoms with Crippen molar-refractivity contribution in [2.45, 2.75) is 44.8 Å². The molecule has 4 rings (SSSR count). The molecule has 1 N–H and O–H groups in total. The summed E-state index contributed by atoms with van der Waals surface area (Å²) in [5, 5.41) is 9.16. The number of piperazine rings is 1. The molecule has 0 aliphatic carbocycles. The molecule has 1 aliphatic heterocycles. The quantitative estimate of drug-likeness (QED) is 0.307. The number of aryl methyl sites for hydroxylation is 1. The van der Waals surface area contributed by atoms with E-state index >= 15 is 0 Å². The molecule has 214 valence electrons. The van der Waals surface area contributed by atoms with E-state index in [0.717, 1.165) is 5.56 Å². The summed E-state index contributed by atoms with van der Waals surface area (Å²) >= 11 is 0. The van der Waals surface area contributed by atoms with E-state index in [4.69, 9.17) is 16.4 Å². The number of halogens is 3. The van der Waals surface area contributed by atoms with Crippen LogP contribution in [0.25, 0.3) is 15.9 Å². The lowest BCUT2D eigenvalue weighted by molar-refractivity contribution is -0.274. The summed E-state index contributed by atoms with van der Waals surface area (Å²) in [6.45, 7) is 13.2. The van der Waals surface area contributed by atoms with Gasteiger partial charge >= 0.3 is 6.36 Å². The molecule has 1 aromatic carbocycles. The van der Waals surface area contributed by atoms with E-state index in [0.29, 0.717) is 49.4 Å². The molecule has 9 nitrogen and oxygen atoms in total. The standard InChI is InChI=1S/C28H32F3N5O4/c1-18-15-36(19(2)20-6-8-22(9-7-20)40-28(29,30)31)21(17-39-13-5-12-37)16-35(18)24-14-26(38)34(4)23-10-11-25(32-3)33-27(23)24/h6-11,14,18-19,21,37H,5,12-13,15-17H2,1-2,4H3/t18-,19?,21-/m0/s1. The zero-order valence-electron chi connectivity index (χ0n) is 22.6. The summed E-state index contributed by atoms with van der Waals surface area (Å²) in [7, 11) is 1.67. The fraction of sp³-hybridized carbons (Fsp3) is 0.464. The van der Waals surface area contributed by atoms with E-state index in [1.54, 1.807) is 37.4 Å². The molecule has 0 spiro atoms. The van der Waals surface area contributed by atoms with Crippen molar-refractivity contribution in [3.63, 3.8) is 0 Å². The molecule has 0 saturated carbocycles. The molecule has 1 saturated heterocycles. The average molecular weight is 560 g/mol. The summed E-state index contributed by atoms with van der Waals surface area (Å²) in [6, 6.07) is 10.3. The predicted molar refractivity (Wildman–Crippen MR) is 145 cm³/mol. The van der Waals surface area contributed by atoms with E-state index in [1.165, 1.54) is 16.7 Å². The molecule has 0 amide bonds. The minimum atomic E-state index is -4.76. The molecule has 3 heterocycles. The van der Waals surface area contributed by atoms with Crippen LogP contribution in [0.5, 0.6) is 5.75 Å². The van der Waals surface area contributed by atoms with Gasteiger partial charge in [-0.3, -0.25) is 9.69 Å². The molecular formula is C28H32F3N5O4. The molecule has 0 radical (unpaired) electrons. The van der Waals surface area contributed by atoms with Gasteiger partial charge in [0.25, 0.3) is 11.4 Å². The number of nitrogens with zero attached hydrogens (tertiary/aromatic N) is 5. The maximum atomic E-state index is 12.9. The van der Waals surface area contributed by atoms with Crippen molar-refractivity contribution in [2.24, 2.45) is 7.05 Å². The Kier molecular flexibility index (Phi) is 8.98. The van der Waals surface area contributed by atoms with Crippen molar-refractivity contribution in [3.05, 3.63) is 69.8 Å². The first-order valence-corrected chi connectivity index (χ1v) is 13.0. The fourth-order valence-electron chi connectivity index (χ4n) is 5.13. The predicted octanol–water partition coefficient (Wildman–Crippen LogP) is 4.42. The van der Waals surface area contributed by atoms with Gasteiger partial charge in [0.05, 0.1) is 23.9 Å². The summed E-state index contributed by atoms with van der Waals surface area (Å²) in [4.78, 5) is 25.2. The number of hydrogen-bond donors (Lipinski definition) is 1. The van der Waals surface area contributed by atoms with Crippen LogP contribution in [-0.2, 0) is 11.8 Å². The lowest BCUT2D eigenvalue weighted by atomic mass is 9.99. The number of anilines is 1. The highest BCUT2D eigenvalue weighted by Gasteiger charge is 2.37. The molecule has 1 fully saturated rings. The molecule has 2 aromatic heterocycles. The minimum absolute atomic E-state index is 0.00857.